The van der Waals surface area contributed by atoms with Gasteiger partial charge in [0, 0.05) is 55.5 Å². The van der Waals surface area contributed by atoms with E-state index in [0.29, 0.717) is 23.1 Å². The highest BCUT2D eigenvalue weighted by Gasteiger charge is 2.42. The third-order valence-corrected chi connectivity index (χ3v) is 6.68. The predicted molar refractivity (Wildman–Crippen MR) is 108 cm³/mol. The standard InChI is InChI=1S/C22H26ClF2NO3/c23-17-2-1-3-18-20(17)16(13-26(18)12-15-5-11-29-14-15)19(27)4-6-21(28)7-9-22(24,25)10-8-21/h1-3,13,15,28H,4-12,14H2. The van der Waals surface area contributed by atoms with Gasteiger partial charge >= 0.3 is 0 Å². The normalized spacial score (nSPS) is 23.5. The second-order valence-electron chi connectivity index (χ2n) is 8.56. The summed E-state index contributed by atoms with van der Waals surface area (Å²) in [6.07, 6.45) is 2.53. The lowest BCUT2D eigenvalue weighted by Gasteiger charge is -2.35. The molecule has 0 bridgehead atoms. The van der Waals surface area contributed by atoms with Crippen LogP contribution in [0.15, 0.2) is 24.4 Å². The lowest BCUT2D eigenvalue weighted by atomic mass is 9.79. The van der Waals surface area contributed by atoms with E-state index in [0.717, 1.165) is 30.5 Å². The molecule has 7 heteroatoms. The van der Waals surface area contributed by atoms with Crippen LogP contribution in [0.2, 0.25) is 5.02 Å². The first kappa shape index (κ1) is 20.8. The zero-order valence-corrected chi connectivity index (χ0v) is 17.1. The molecule has 1 aromatic heterocycles. The highest BCUT2D eigenvalue weighted by Crippen LogP contribution is 2.41. The fourth-order valence-corrected chi connectivity index (χ4v) is 4.76. The fraction of sp³-hybridized carbons (Fsp3) is 0.591. The molecule has 1 atom stereocenters. The molecule has 1 N–H and O–H groups in total. The molecule has 29 heavy (non-hydrogen) atoms. The molecule has 158 valence electrons. The number of hydrogen-bond acceptors (Lipinski definition) is 3. The van der Waals surface area contributed by atoms with Gasteiger partial charge in [0.25, 0.3) is 0 Å². The number of carbonyl (C=O) groups is 1. The number of aromatic nitrogens is 1. The number of halogens is 3. The van der Waals surface area contributed by atoms with Crippen LogP contribution in [-0.2, 0) is 11.3 Å². The Hall–Kier alpha value is -1.50. The van der Waals surface area contributed by atoms with Crippen molar-refractivity contribution in [1.82, 2.24) is 4.57 Å². The van der Waals surface area contributed by atoms with Crippen LogP contribution in [-0.4, -0.2) is 40.2 Å². The Bertz CT molecular complexity index is 895. The minimum Gasteiger partial charge on any atom is -0.390 e. The summed E-state index contributed by atoms with van der Waals surface area (Å²) in [5.41, 5.74) is 0.249. The highest BCUT2D eigenvalue weighted by molar-refractivity contribution is 6.37. The number of nitrogens with zero attached hydrogens (tertiary/aromatic N) is 1. The Labute approximate surface area is 173 Å². The van der Waals surface area contributed by atoms with Gasteiger partial charge in [-0.05, 0) is 37.8 Å². The number of Topliss-reactive ketones (excluding diaryl/α,β-unsaturated/α-hetero) is 1. The summed E-state index contributed by atoms with van der Waals surface area (Å²) < 4.78 is 34.3. The third kappa shape index (κ3) is 4.49. The molecule has 2 heterocycles. The SMILES string of the molecule is O=C(CCC1(O)CCC(F)(F)CC1)c1cn(CC2CCOC2)c2cccc(Cl)c12. The molecule has 4 nitrogen and oxygen atoms in total. The van der Waals surface area contributed by atoms with Crippen molar-refractivity contribution in [2.75, 3.05) is 13.2 Å². The van der Waals surface area contributed by atoms with Gasteiger partial charge in [-0.2, -0.15) is 0 Å². The van der Waals surface area contributed by atoms with Crippen molar-refractivity contribution in [3.8, 4) is 0 Å². The van der Waals surface area contributed by atoms with Crippen LogP contribution in [0.3, 0.4) is 0 Å². The lowest BCUT2D eigenvalue weighted by molar-refractivity contribution is -0.105. The first-order chi connectivity index (χ1) is 13.8. The molecule has 1 saturated heterocycles. The van der Waals surface area contributed by atoms with E-state index in [-0.39, 0.29) is 44.3 Å². The van der Waals surface area contributed by atoms with Crippen LogP contribution in [0, 0.1) is 5.92 Å². The van der Waals surface area contributed by atoms with Crippen LogP contribution in [0.4, 0.5) is 8.78 Å². The summed E-state index contributed by atoms with van der Waals surface area (Å²) in [5.74, 6) is -2.42. The number of rotatable bonds is 6. The molecule has 2 aliphatic rings. The van der Waals surface area contributed by atoms with Gasteiger partial charge in [-0.1, -0.05) is 17.7 Å². The van der Waals surface area contributed by atoms with Crippen molar-refractivity contribution in [2.45, 2.75) is 63.0 Å². The van der Waals surface area contributed by atoms with Crippen molar-refractivity contribution >= 4 is 28.3 Å². The average Bonchev–Trinajstić information content (AvgIpc) is 3.32. The Kier molecular flexibility index (Phi) is 5.70. The number of ether oxygens (including phenoxy) is 1. The van der Waals surface area contributed by atoms with E-state index < -0.39 is 11.5 Å². The number of carbonyl (C=O) groups excluding carboxylic acids is 1. The smallest absolute Gasteiger partial charge is 0.248 e. The molecule has 4 rings (SSSR count). The maximum Gasteiger partial charge on any atom is 0.248 e. The number of aliphatic hydroxyl groups is 1. The number of benzene rings is 1. The largest absolute Gasteiger partial charge is 0.390 e. The van der Waals surface area contributed by atoms with Gasteiger partial charge in [0.1, 0.15) is 0 Å². The van der Waals surface area contributed by atoms with Gasteiger partial charge in [-0.25, -0.2) is 8.78 Å². The van der Waals surface area contributed by atoms with Crippen LogP contribution in [0.5, 0.6) is 0 Å². The molecule has 1 saturated carbocycles. The van der Waals surface area contributed by atoms with Gasteiger partial charge in [0.05, 0.1) is 22.7 Å². The number of alkyl halides is 2. The molecule has 2 fully saturated rings. The summed E-state index contributed by atoms with van der Waals surface area (Å²) in [6.45, 7) is 2.22. The van der Waals surface area contributed by atoms with E-state index in [1.165, 1.54) is 0 Å². The Morgan fingerprint density at radius 1 is 1.28 bits per heavy atom. The topological polar surface area (TPSA) is 51.5 Å². The average molecular weight is 426 g/mol. The van der Waals surface area contributed by atoms with Gasteiger partial charge in [0.15, 0.2) is 5.78 Å². The van der Waals surface area contributed by atoms with Crippen LogP contribution >= 0.6 is 11.6 Å². The second-order valence-corrected chi connectivity index (χ2v) is 8.97. The molecule has 0 spiro atoms. The van der Waals surface area contributed by atoms with Gasteiger partial charge in [-0.3, -0.25) is 4.79 Å². The fourth-order valence-electron chi connectivity index (χ4n) is 4.49. The highest BCUT2D eigenvalue weighted by atomic mass is 35.5. The number of fused-ring (bicyclic) bond motifs is 1. The quantitative estimate of drug-likeness (QED) is 0.644. The Balaban J connectivity index is 1.52. The first-order valence-electron chi connectivity index (χ1n) is 10.2. The predicted octanol–water partition coefficient (Wildman–Crippen LogP) is 5.23. The van der Waals surface area contributed by atoms with Crippen molar-refractivity contribution in [1.29, 1.82) is 0 Å². The van der Waals surface area contributed by atoms with E-state index in [1.54, 1.807) is 6.07 Å². The molecule has 0 amide bonds. The van der Waals surface area contributed by atoms with E-state index >= 15 is 0 Å². The summed E-state index contributed by atoms with van der Waals surface area (Å²) in [5, 5.41) is 11.9. The third-order valence-electron chi connectivity index (χ3n) is 6.36. The van der Waals surface area contributed by atoms with E-state index in [4.69, 9.17) is 16.3 Å². The Morgan fingerprint density at radius 2 is 2.03 bits per heavy atom. The molecular formula is C22H26ClF2NO3. The lowest BCUT2D eigenvalue weighted by Crippen LogP contribution is -2.38. The summed E-state index contributed by atoms with van der Waals surface area (Å²) >= 11 is 6.42. The molecule has 0 radical (unpaired) electrons. The van der Waals surface area contributed by atoms with Gasteiger partial charge in [0.2, 0.25) is 5.92 Å². The minimum atomic E-state index is -2.71. The zero-order chi connectivity index (χ0) is 20.6. The molecule has 2 aromatic rings. The zero-order valence-electron chi connectivity index (χ0n) is 16.3. The van der Waals surface area contributed by atoms with Crippen molar-refractivity contribution in [2.24, 2.45) is 5.92 Å². The van der Waals surface area contributed by atoms with E-state index in [1.807, 2.05) is 18.3 Å². The van der Waals surface area contributed by atoms with Crippen molar-refractivity contribution in [3.05, 3.63) is 35.0 Å². The summed E-state index contributed by atoms with van der Waals surface area (Å²) in [4.78, 5) is 13.0. The summed E-state index contributed by atoms with van der Waals surface area (Å²) in [6, 6.07) is 5.58. The first-order valence-corrected chi connectivity index (χ1v) is 10.6. The van der Waals surface area contributed by atoms with Crippen molar-refractivity contribution in [3.63, 3.8) is 0 Å². The number of hydrogen-bond donors (Lipinski definition) is 1. The van der Waals surface area contributed by atoms with Crippen LogP contribution < -0.4 is 0 Å². The van der Waals surface area contributed by atoms with Crippen molar-refractivity contribution < 1.29 is 23.4 Å². The minimum absolute atomic E-state index is 0.0253. The maximum absolute atomic E-state index is 13.4. The molecule has 1 aliphatic carbocycles. The summed E-state index contributed by atoms with van der Waals surface area (Å²) in [7, 11) is 0. The second kappa shape index (κ2) is 7.97. The van der Waals surface area contributed by atoms with Crippen LogP contribution in [0.1, 0.15) is 55.3 Å². The molecular weight excluding hydrogens is 400 g/mol. The van der Waals surface area contributed by atoms with E-state index in [2.05, 4.69) is 4.57 Å². The van der Waals surface area contributed by atoms with Gasteiger partial charge < -0.3 is 14.4 Å². The van der Waals surface area contributed by atoms with Gasteiger partial charge in [-0.15, -0.1) is 0 Å². The number of ketones is 1. The molecule has 1 aliphatic heterocycles. The van der Waals surface area contributed by atoms with E-state index in [9.17, 15) is 18.7 Å². The maximum atomic E-state index is 13.4. The molecule has 1 unspecified atom stereocenters. The molecule has 1 aromatic carbocycles. The van der Waals surface area contributed by atoms with Crippen LogP contribution in [0.25, 0.3) is 10.9 Å². The monoisotopic (exact) mass is 425 g/mol. The Morgan fingerprint density at radius 3 is 2.72 bits per heavy atom.